The molecule has 2 rings (SSSR count). The highest BCUT2D eigenvalue weighted by Crippen LogP contribution is 2.36. The quantitative estimate of drug-likeness (QED) is 0.744. The van der Waals surface area contributed by atoms with Crippen LogP contribution in [0.4, 0.5) is 0 Å². The number of carbonyl (C=O) groups excluding carboxylic acids is 1. The molecule has 0 aromatic heterocycles. The zero-order valence-electron chi connectivity index (χ0n) is 8.41. The van der Waals surface area contributed by atoms with Crippen LogP contribution in [0, 0.1) is 5.41 Å². The van der Waals surface area contributed by atoms with Gasteiger partial charge in [0.2, 0.25) is 5.91 Å². The Morgan fingerprint density at radius 2 is 2.14 bits per heavy atom. The van der Waals surface area contributed by atoms with Gasteiger partial charge >= 0.3 is 0 Å². The van der Waals surface area contributed by atoms with Crippen LogP contribution in [0.1, 0.15) is 19.8 Å². The van der Waals surface area contributed by atoms with E-state index in [2.05, 4.69) is 12.2 Å². The Morgan fingerprint density at radius 3 is 2.57 bits per heavy atom. The highest BCUT2D eigenvalue weighted by atomic mass is 35.5. The zero-order chi connectivity index (χ0) is 8.60. The molecule has 1 amide bonds. The van der Waals surface area contributed by atoms with Gasteiger partial charge in [-0.05, 0) is 26.3 Å². The maximum atomic E-state index is 11.8. The van der Waals surface area contributed by atoms with Gasteiger partial charge < -0.3 is 10.2 Å². The summed E-state index contributed by atoms with van der Waals surface area (Å²) in [5.74, 6) is 0.384. The van der Waals surface area contributed by atoms with E-state index < -0.39 is 0 Å². The first-order valence-corrected chi connectivity index (χ1v) is 4.79. The van der Waals surface area contributed by atoms with E-state index in [1.54, 1.807) is 0 Å². The van der Waals surface area contributed by atoms with Gasteiger partial charge in [0.05, 0.1) is 5.41 Å². The fourth-order valence-corrected chi connectivity index (χ4v) is 2.33. The van der Waals surface area contributed by atoms with Crippen molar-refractivity contribution in [3.8, 4) is 0 Å². The van der Waals surface area contributed by atoms with Crippen LogP contribution in [0.5, 0.6) is 0 Å². The molecule has 0 radical (unpaired) electrons. The van der Waals surface area contributed by atoms with Gasteiger partial charge in [-0.1, -0.05) is 0 Å². The monoisotopic (exact) mass is 240 g/mol. The van der Waals surface area contributed by atoms with Crippen LogP contribution < -0.4 is 5.32 Å². The number of hydrogen-bond donors (Lipinski definition) is 1. The standard InChI is InChI=1S/C9H16N2O.2ClH/c1-2-11-6-4-9(8(11)12)3-5-10-7-9;;/h10H,2-7H2,1H3;2*1H. The Morgan fingerprint density at radius 1 is 1.43 bits per heavy atom. The lowest BCUT2D eigenvalue weighted by Gasteiger charge is -2.20. The number of hydrogen-bond acceptors (Lipinski definition) is 2. The van der Waals surface area contributed by atoms with Gasteiger partial charge in [0.1, 0.15) is 0 Å². The fourth-order valence-electron chi connectivity index (χ4n) is 2.33. The van der Waals surface area contributed by atoms with Crippen molar-refractivity contribution in [2.75, 3.05) is 26.2 Å². The third-order valence-electron chi connectivity index (χ3n) is 3.23. The van der Waals surface area contributed by atoms with Crippen LogP contribution >= 0.6 is 24.8 Å². The molecule has 2 fully saturated rings. The van der Waals surface area contributed by atoms with E-state index in [1.165, 1.54) is 0 Å². The van der Waals surface area contributed by atoms with Gasteiger partial charge in [-0.25, -0.2) is 0 Å². The third-order valence-corrected chi connectivity index (χ3v) is 3.23. The maximum Gasteiger partial charge on any atom is 0.230 e. The van der Waals surface area contributed by atoms with Crippen molar-refractivity contribution in [3.63, 3.8) is 0 Å². The smallest absolute Gasteiger partial charge is 0.230 e. The first kappa shape index (κ1) is 14.0. The minimum Gasteiger partial charge on any atom is -0.342 e. The molecule has 2 heterocycles. The van der Waals surface area contributed by atoms with Gasteiger partial charge in [-0.2, -0.15) is 0 Å². The van der Waals surface area contributed by atoms with E-state index in [9.17, 15) is 4.79 Å². The number of nitrogens with one attached hydrogen (secondary N) is 1. The van der Waals surface area contributed by atoms with Gasteiger partial charge in [0.25, 0.3) is 0 Å². The molecule has 0 bridgehead atoms. The highest BCUT2D eigenvalue weighted by molar-refractivity contribution is 5.86. The predicted molar refractivity (Wildman–Crippen MR) is 61.3 cm³/mol. The molecule has 0 aliphatic carbocycles. The van der Waals surface area contributed by atoms with Crippen molar-refractivity contribution in [3.05, 3.63) is 0 Å². The average Bonchev–Trinajstić information content (AvgIpc) is 2.65. The lowest BCUT2D eigenvalue weighted by molar-refractivity contribution is -0.135. The number of halogens is 2. The maximum absolute atomic E-state index is 11.8. The van der Waals surface area contributed by atoms with Crippen LogP contribution in [0.25, 0.3) is 0 Å². The summed E-state index contributed by atoms with van der Waals surface area (Å²) in [6.45, 7) is 5.82. The summed E-state index contributed by atoms with van der Waals surface area (Å²) in [6, 6.07) is 0. The largest absolute Gasteiger partial charge is 0.342 e. The molecule has 0 aromatic rings. The summed E-state index contributed by atoms with van der Waals surface area (Å²) in [6.07, 6.45) is 2.11. The molecule has 1 spiro atoms. The Hall–Kier alpha value is 0.01000. The molecule has 0 aromatic carbocycles. The summed E-state index contributed by atoms with van der Waals surface area (Å²) in [4.78, 5) is 13.8. The van der Waals surface area contributed by atoms with Gasteiger partial charge in [0.15, 0.2) is 0 Å². The first-order chi connectivity index (χ1) is 5.78. The molecule has 3 nitrogen and oxygen atoms in total. The first-order valence-electron chi connectivity index (χ1n) is 4.79. The lowest BCUT2D eigenvalue weighted by atomic mass is 9.86. The average molecular weight is 241 g/mol. The van der Waals surface area contributed by atoms with E-state index in [0.717, 1.165) is 39.0 Å². The Balaban J connectivity index is 0.000000845. The molecule has 2 saturated heterocycles. The third kappa shape index (κ3) is 2.00. The van der Waals surface area contributed by atoms with Crippen molar-refractivity contribution in [1.82, 2.24) is 10.2 Å². The molecular weight excluding hydrogens is 223 g/mol. The molecule has 84 valence electrons. The van der Waals surface area contributed by atoms with Gasteiger partial charge in [-0.3, -0.25) is 4.79 Å². The lowest BCUT2D eigenvalue weighted by Crippen LogP contribution is -2.35. The molecule has 14 heavy (non-hydrogen) atoms. The summed E-state index contributed by atoms with van der Waals surface area (Å²) < 4.78 is 0. The van der Waals surface area contributed by atoms with Crippen molar-refractivity contribution >= 4 is 30.7 Å². The number of rotatable bonds is 1. The molecule has 2 aliphatic heterocycles. The number of carbonyl (C=O) groups is 1. The molecule has 0 saturated carbocycles. The summed E-state index contributed by atoms with van der Waals surface area (Å²) in [7, 11) is 0. The summed E-state index contributed by atoms with van der Waals surface area (Å²) in [5.41, 5.74) is -0.00396. The zero-order valence-corrected chi connectivity index (χ0v) is 10.0. The van der Waals surface area contributed by atoms with E-state index in [0.29, 0.717) is 5.91 Å². The minimum atomic E-state index is -0.00396. The molecule has 1 unspecified atom stereocenters. The predicted octanol–water partition coefficient (Wildman–Crippen LogP) is 1.06. The summed E-state index contributed by atoms with van der Waals surface area (Å²) >= 11 is 0. The Bertz CT molecular complexity index is 205. The molecular formula is C9H18Cl2N2O. The highest BCUT2D eigenvalue weighted by Gasteiger charge is 2.47. The van der Waals surface area contributed by atoms with Crippen LogP contribution in [-0.4, -0.2) is 37.0 Å². The van der Waals surface area contributed by atoms with Crippen LogP contribution in [0.3, 0.4) is 0 Å². The van der Waals surface area contributed by atoms with Crippen molar-refractivity contribution in [2.24, 2.45) is 5.41 Å². The molecule has 2 aliphatic rings. The second-order valence-electron chi connectivity index (χ2n) is 3.84. The fraction of sp³-hybridized carbons (Fsp3) is 0.889. The topological polar surface area (TPSA) is 32.3 Å². The SMILES string of the molecule is CCN1CCC2(CCNC2)C1=O.Cl.Cl. The van der Waals surface area contributed by atoms with Crippen LogP contribution in [0.2, 0.25) is 0 Å². The second-order valence-corrected chi connectivity index (χ2v) is 3.84. The minimum absolute atomic E-state index is 0. The number of nitrogens with zero attached hydrogens (tertiary/aromatic N) is 1. The van der Waals surface area contributed by atoms with E-state index >= 15 is 0 Å². The number of amides is 1. The van der Waals surface area contributed by atoms with Crippen molar-refractivity contribution < 1.29 is 4.79 Å². The van der Waals surface area contributed by atoms with Crippen molar-refractivity contribution in [2.45, 2.75) is 19.8 Å². The van der Waals surface area contributed by atoms with Crippen LogP contribution in [0.15, 0.2) is 0 Å². The van der Waals surface area contributed by atoms with E-state index in [1.807, 2.05) is 4.90 Å². The Kier molecular flexibility index (Phi) is 5.20. The second kappa shape index (κ2) is 5.19. The molecule has 1 N–H and O–H groups in total. The van der Waals surface area contributed by atoms with E-state index in [-0.39, 0.29) is 30.2 Å². The van der Waals surface area contributed by atoms with E-state index in [4.69, 9.17) is 0 Å². The van der Waals surface area contributed by atoms with Crippen LogP contribution in [-0.2, 0) is 4.79 Å². The normalized spacial score (nSPS) is 30.4. The molecule has 5 heteroatoms. The number of likely N-dealkylation sites (tertiary alicyclic amines) is 1. The van der Waals surface area contributed by atoms with Gasteiger partial charge in [-0.15, -0.1) is 24.8 Å². The van der Waals surface area contributed by atoms with Crippen molar-refractivity contribution in [1.29, 1.82) is 0 Å². The molecule has 1 atom stereocenters. The Labute approximate surface area is 97.4 Å². The summed E-state index contributed by atoms with van der Waals surface area (Å²) in [5, 5.41) is 3.28. The van der Waals surface area contributed by atoms with Gasteiger partial charge in [0, 0.05) is 19.6 Å².